The summed E-state index contributed by atoms with van der Waals surface area (Å²) in [5.41, 5.74) is -0.139. The molecule has 0 bridgehead atoms. The minimum atomic E-state index is -2.53. The van der Waals surface area contributed by atoms with Crippen LogP contribution in [0, 0.1) is 0 Å². The van der Waals surface area contributed by atoms with Crippen molar-refractivity contribution in [3.63, 3.8) is 0 Å². The molecule has 3 nitrogen and oxygen atoms in total. The maximum atomic E-state index is 12.0. The predicted octanol–water partition coefficient (Wildman–Crippen LogP) is 0.972. The van der Waals surface area contributed by atoms with Crippen molar-refractivity contribution >= 4 is 7.32 Å². The highest BCUT2D eigenvalue weighted by atomic mass is 19.3. The zero-order chi connectivity index (χ0) is 9.84. The van der Waals surface area contributed by atoms with Crippen LogP contribution in [0.25, 0.3) is 0 Å². The monoisotopic (exact) mass is 188 g/mol. The Hall–Kier alpha value is -1.14. The van der Waals surface area contributed by atoms with Gasteiger partial charge in [-0.2, -0.15) is 0 Å². The highest BCUT2D eigenvalue weighted by molar-refractivity contribution is 6.33. The van der Waals surface area contributed by atoms with E-state index in [1.165, 1.54) is 12.1 Å². The summed E-state index contributed by atoms with van der Waals surface area (Å²) in [7, 11) is -1.93. The second-order valence-electron chi connectivity index (χ2n) is 2.31. The number of hydrogen-bond acceptors (Lipinski definition) is 3. The summed E-state index contributed by atoms with van der Waals surface area (Å²) in [5, 5.41) is 16.7. The fourth-order valence-corrected chi connectivity index (χ4v) is 0.814. The van der Waals surface area contributed by atoms with Gasteiger partial charge in [-0.1, -0.05) is 0 Å². The first-order valence-corrected chi connectivity index (χ1v) is 3.50. The molecule has 1 aromatic carbocycles. The smallest absolute Gasteiger partial charge is 0.512 e. The van der Waals surface area contributed by atoms with Gasteiger partial charge in [0.1, 0.15) is 5.75 Å². The van der Waals surface area contributed by atoms with Crippen molar-refractivity contribution in [3.05, 3.63) is 29.8 Å². The molecule has 0 spiro atoms. The molecule has 0 aliphatic heterocycles. The van der Waals surface area contributed by atoms with Crippen LogP contribution >= 0.6 is 0 Å². The topological polar surface area (TPSA) is 49.7 Å². The Bertz CT molecular complexity index is 263. The van der Waals surface area contributed by atoms with E-state index in [1.807, 2.05) is 0 Å². The standard InChI is InChI=1S/C7H7BF2O3/c9-7(10)5-1-3-6(4-2-5)13-8(11)12/h1-4,7,11-12H. The van der Waals surface area contributed by atoms with E-state index in [0.717, 1.165) is 12.1 Å². The molecule has 0 aromatic heterocycles. The van der Waals surface area contributed by atoms with Crippen molar-refractivity contribution in [2.75, 3.05) is 0 Å². The van der Waals surface area contributed by atoms with Gasteiger partial charge in [0, 0.05) is 5.56 Å². The van der Waals surface area contributed by atoms with Gasteiger partial charge in [0.2, 0.25) is 0 Å². The molecule has 70 valence electrons. The molecule has 0 aliphatic rings. The third-order valence-corrected chi connectivity index (χ3v) is 1.37. The van der Waals surface area contributed by atoms with Gasteiger partial charge >= 0.3 is 7.32 Å². The highest BCUT2D eigenvalue weighted by Crippen LogP contribution is 2.21. The summed E-state index contributed by atoms with van der Waals surface area (Å²) in [6.07, 6.45) is -2.53. The summed E-state index contributed by atoms with van der Waals surface area (Å²) in [6, 6.07) is 4.78. The Morgan fingerprint density at radius 3 is 2.08 bits per heavy atom. The van der Waals surface area contributed by atoms with E-state index in [1.54, 1.807) is 0 Å². The van der Waals surface area contributed by atoms with Crippen molar-refractivity contribution in [3.8, 4) is 5.75 Å². The molecule has 0 saturated heterocycles. The maximum absolute atomic E-state index is 12.0. The third kappa shape index (κ3) is 3.00. The molecule has 2 N–H and O–H groups in total. The molecule has 0 aliphatic carbocycles. The first-order chi connectivity index (χ1) is 6.09. The van der Waals surface area contributed by atoms with E-state index >= 15 is 0 Å². The zero-order valence-corrected chi connectivity index (χ0v) is 6.52. The van der Waals surface area contributed by atoms with Crippen LogP contribution in [-0.2, 0) is 0 Å². The summed E-state index contributed by atoms with van der Waals surface area (Å²) in [6.45, 7) is 0. The van der Waals surface area contributed by atoms with Crippen LogP contribution in [-0.4, -0.2) is 17.4 Å². The Morgan fingerprint density at radius 2 is 1.69 bits per heavy atom. The van der Waals surface area contributed by atoms with Crippen LogP contribution in [0.15, 0.2) is 24.3 Å². The number of benzene rings is 1. The quantitative estimate of drug-likeness (QED) is 0.694. The summed E-state index contributed by atoms with van der Waals surface area (Å²) in [4.78, 5) is 0. The van der Waals surface area contributed by atoms with Crippen LogP contribution in [0.5, 0.6) is 5.75 Å². The van der Waals surface area contributed by atoms with E-state index in [0.29, 0.717) is 0 Å². The lowest BCUT2D eigenvalue weighted by molar-refractivity contribution is 0.151. The molecule has 0 atom stereocenters. The van der Waals surface area contributed by atoms with Crippen molar-refractivity contribution in [1.82, 2.24) is 0 Å². The Balaban J connectivity index is 2.70. The SMILES string of the molecule is OB(O)Oc1ccc(C(F)F)cc1. The maximum Gasteiger partial charge on any atom is 0.707 e. The highest BCUT2D eigenvalue weighted by Gasteiger charge is 2.12. The molecule has 1 aromatic rings. The van der Waals surface area contributed by atoms with E-state index in [2.05, 4.69) is 4.65 Å². The lowest BCUT2D eigenvalue weighted by Gasteiger charge is -2.04. The molecule has 0 fully saturated rings. The lowest BCUT2D eigenvalue weighted by atomic mass is 10.2. The summed E-state index contributed by atoms with van der Waals surface area (Å²) >= 11 is 0. The van der Waals surface area contributed by atoms with Crippen LogP contribution in [0.3, 0.4) is 0 Å². The number of halogens is 2. The molecule has 13 heavy (non-hydrogen) atoms. The summed E-state index contributed by atoms with van der Waals surface area (Å²) in [5.74, 6) is 0.124. The van der Waals surface area contributed by atoms with Crippen molar-refractivity contribution in [2.45, 2.75) is 6.43 Å². The van der Waals surface area contributed by atoms with E-state index in [-0.39, 0.29) is 11.3 Å². The first-order valence-electron chi connectivity index (χ1n) is 3.50. The van der Waals surface area contributed by atoms with Crippen LogP contribution in [0.4, 0.5) is 8.78 Å². The molecule has 6 heteroatoms. The van der Waals surface area contributed by atoms with Crippen LogP contribution in [0.2, 0.25) is 0 Å². The Labute approximate surface area is 73.8 Å². The zero-order valence-electron chi connectivity index (χ0n) is 6.52. The van der Waals surface area contributed by atoms with Gasteiger partial charge in [-0.05, 0) is 24.3 Å². The van der Waals surface area contributed by atoms with Gasteiger partial charge in [0.05, 0.1) is 0 Å². The number of alkyl halides is 2. The van der Waals surface area contributed by atoms with Crippen LogP contribution in [0.1, 0.15) is 12.0 Å². The van der Waals surface area contributed by atoms with E-state index < -0.39 is 13.7 Å². The fourth-order valence-electron chi connectivity index (χ4n) is 0.814. The normalized spacial score (nSPS) is 10.2. The molecular formula is C7H7BF2O3. The minimum Gasteiger partial charge on any atom is -0.512 e. The molecule has 0 unspecified atom stereocenters. The van der Waals surface area contributed by atoms with Gasteiger partial charge in [0.15, 0.2) is 0 Å². The molecule has 0 amide bonds. The van der Waals surface area contributed by atoms with Crippen molar-refractivity contribution in [2.24, 2.45) is 0 Å². The Kier molecular flexibility index (Phi) is 3.22. The fraction of sp³-hybridized carbons (Fsp3) is 0.143. The average molecular weight is 188 g/mol. The van der Waals surface area contributed by atoms with Gasteiger partial charge in [-0.15, -0.1) is 0 Å². The largest absolute Gasteiger partial charge is 0.707 e. The van der Waals surface area contributed by atoms with Gasteiger partial charge < -0.3 is 14.7 Å². The molecule has 0 saturated carbocycles. The van der Waals surface area contributed by atoms with Gasteiger partial charge in [-0.25, -0.2) is 8.78 Å². The third-order valence-electron chi connectivity index (χ3n) is 1.37. The molecular weight excluding hydrogens is 181 g/mol. The van der Waals surface area contributed by atoms with E-state index in [9.17, 15) is 8.78 Å². The van der Waals surface area contributed by atoms with Gasteiger partial charge in [-0.3, -0.25) is 0 Å². The van der Waals surface area contributed by atoms with Gasteiger partial charge in [0.25, 0.3) is 6.43 Å². The number of hydrogen-bond donors (Lipinski definition) is 2. The molecule has 1 rings (SSSR count). The lowest BCUT2D eigenvalue weighted by Crippen LogP contribution is -2.20. The minimum absolute atomic E-state index is 0.124. The van der Waals surface area contributed by atoms with Crippen molar-refractivity contribution in [1.29, 1.82) is 0 Å². The first kappa shape index (κ1) is 9.95. The Morgan fingerprint density at radius 1 is 1.15 bits per heavy atom. The second-order valence-corrected chi connectivity index (χ2v) is 2.31. The second kappa shape index (κ2) is 4.20. The van der Waals surface area contributed by atoms with Crippen LogP contribution < -0.4 is 4.65 Å². The van der Waals surface area contributed by atoms with Crippen molar-refractivity contribution < 1.29 is 23.5 Å². The molecule has 0 radical (unpaired) electrons. The number of rotatable bonds is 3. The average Bonchev–Trinajstić information content (AvgIpc) is 2.04. The summed E-state index contributed by atoms with van der Waals surface area (Å²) < 4.78 is 28.5. The molecule has 0 heterocycles. The van der Waals surface area contributed by atoms with E-state index in [4.69, 9.17) is 10.0 Å². The predicted molar refractivity (Wildman–Crippen MR) is 42.2 cm³/mol.